The fourth-order valence-electron chi connectivity index (χ4n) is 2.23. The first-order chi connectivity index (χ1) is 8.29. The first-order valence-electron chi connectivity index (χ1n) is 6.15. The number of amides is 2. The van der Waals surface area contributed by atoms with E-state index in [0.717, 1.165) is 24.1 Å². The second kappa shape index (κ2) is 5.68. The zero-order valence-electron chi connectivity index (χ0n) is 9.91. The third kappa shape index (κ3) is 3.20. The smallest absolute Gasteiger partial charge is 0.319 e. The van der Waals surface area contributed by atoms with Crippen molar-refractivity contribution in [3.63, 3.8) is 0 Å². The molecule has 1 aromatic rings. The van der Waals surface area contributed by atoms with Gasteiger partial charge in [0.05, 0.1) is 0 Å². The van der Waals surface area contributed by atoms with E-state index < -0.39 is 0 Å². The van der Waals surface area contributed by atoms with Crippen molar-refractivity contribution in [1.82, 2.24) is 5.32 Å². The number of hydrogen-bond donors (Lipinski definition) is 3. The van der Waals surface area contributed by atoms with E-state index in [1.807, 2.05) is 24.3 Å². The highest BCUT2D eigenvalue weighted by Crippen LogP contribution is 2.18. The average Bonchev–Trinajstić information content (AvgIpc) is 2.82. The standard InChI is InChI=1S/C13H19N3O/c14-9-10-5-1-4-8-12(10)16-13(17)15-11-6-2-3-7-11/h1,4-5,8,11H,2-3,6-7,9,14H2,(H2,15,16,17). The molecule has 0 unspecified atom stereocenters. The Morgan fingerprint density at radius 1 is 1.29 bits per heavy atom. The Kier molecular flexibility index (Phi) is 3.98. The van der Waals surface area contributed by atoms with E-state index in [4.69, 9.17) is 5.73 Å². The van der Waals surface area contributed by atoms with Crippen molar-refractivity contribution in [1.29, 1.82) is 0 Å². The lowest BCUT2D eigenvalue weighted by atomic mass is 10.2. The molecule has 0 aromatic heterocycles. The third-order valence-corrected chi connectivity index (χ3v) is 3.18. The van der Waals surface area contributed by atoms with Crippen molar-refractivity contribution in [2.24, 2.45) is 5.73 Å². The van der Waals surface area contributed by atoms with Crippen molar-refractivity contribution in [2.45, 2.75) is 38.3 Å². The van der Waals surface area contributed by atoms with Crippen LogP contribution in [0.2, 0.25) is 0 Å². The molecule has 0 radical (unpaired) electrons. The number of carbonyl (C=O) groups excluding carboxylic acids is 1. The van der Waals surface area contributed by atoms with Gasteiger partial charge in [-0.1, -0.05) is 31.0 Å². The van der Waals surface area contributed by atoms with Crippen LogP contribution in [0.15, 0.2) is 24.3 Å². The number of urea groups is 1. The van der Waals surface area contributed by atoms with Gasteiger partial charge in [0.2, 0.25) is 0 Å². The van der Waals surface area contributed by atoms with Crippen molar-refractivity contribution >= 4 is 11.7 Å². The molecule has 0 spiro atoms. The van der Waals surface area contributed by atoms with Crippen molar-refractivity contribution in [3.05, 3.63) is 29.8 Å². The molecule has 4 nitrogen and oxygen atoms in total. The average molecular weight is 233 g/mol. The van der Waals surface area contributed by atoms with Gasteiger partial charge >= 0.3 is 6.03 Å². The Balaban J connectivity index is 1.92. The summed E-state index contributed by atoms with van der Waals surface area (Å²) in [6, 6.07) is 7.81. The van der Waals surface area contributed by atoms with E-state index >= 15 is 0 Å². The Hall–Kier alpha value is -1.55. The Labute approximate surface area is 102 Å². The molecule has 92 valence electrons. The summed E-state index contributed by atoms with van der Waals surface area (Å²) >= 11 is 0. The minimum atomic E-state index is -0.127. The molecule has 2 rings (SSSR count). The van der Waals surface area contributed by atoms with E-state index in [0.29, 0.717) is 12.6 Å². The molecular formula is C13H19N3O. The molecule has 1 aliphatic rings. The molecule has 2 amide bonds. The predicted molar refractivity (Wildman–Crippen MR) is 68.7 cm³/mol. The number of nitrogens with one attached hydrogen (secondary N) is 2. The van der Waals surface area contributed by atoms with E-state index in [1.165, 1.54) is 12.8 Å². The summed E-state index contributed by atoms with van der Waals surface area (Å²) in [5.74, 6) is 0. The van der Waals surface area contributed by atoms with Crippen LogP contribution < -0.4 is 16.4 Å². The second-order valence-electron chi connectivity index (χ2n) is 4.44. The lowest BCUT2D eigenvalue weighted by molar-refractivity contribution is 0.248. The lowest BCUT2D eigenvalue weighted by Crippen LogP contribution is -2.36. The summed E-state index contributed by atoms with van der Waals surface area (Å²) in [5.41, 5.74) is 7.37. The highest BCUT2D eigenvalue weighted by Gasteiger charge is 2.17. The van der Waals surface area contributed by atoms with Gasteiger partial charge in [0.1, 0.15) is 0 Å². The van der Waals surface area contributed by atoms with Crippen molar-refractivity contribution < 1.29 is 4.79 Å². The van der Waals surface area contributed by atoms with Crippen LogP contribution in [0.1, 0.15) is 31.2 Å². The van der Waals surface area contributed by atoms with E-state index in [2.05, 4.69) is 10.6 Å². The first kappa shape index (κ1) is 11.9. The molecule has 1 aliphatic carbocycles. The fourth-order valence-corrected chi connectivity index (χ4v) is 2.23. The summed E-state index contributed by atoms with van der Waals surface area (Å²) < 4.78 is 0. The van der Waals surface area contributed by atoms with Gasteiger partial charge in [-0.3, -0.25) is 0 Å². The van der Waals surface area contributed by atoms with E-state index in [-0.39, 0.29) is 6.03 Å². The molecule has 17 heavy (non-hydrogen) atoms. The van der Waals surface area contributed by atoms with Crippen LogP contribution in [0, 0.1) is 0 Å². The van der Waals surface area contributed by atoms with Gasteiger partial charge in [0, 0.05) is 18.3 Å². The van der Waals surface area contributed by atoms with Crippen LogP contribution in [-0.4, -0.2) is 12.1 Å². The molecule has 0 atom stereocenters. The third-order valence-electron chi connectivity index (χ3n) is 3.18. The Morgan fingerprint density at radius 2 is 2.00 bits per heavy atom. The summed E-state index contributed by atoms with van der Waals surface area (Å²) in [6.45, 7) is 0.430. The molecule has 4 N–H and O–H groups in total. The van der Waals surface area contributed by atoms with Crippen molar-refractivity contribution in [3.8, 4) is 0 Å². The van der Waals surface area contributed by atoms with Crippen LogP contribution in [0.4, 0.5) is 10.5 Å². The van der Waals surface area contributed by atoms with Gasteiger partial charge in [-0.05, 0) is 24.5 Å². The highest BCUT2D eigenvalue weighted by molar-refractivity contribution is 5.90. The van der Waals surface area contributed by atoms with Crippen molar-refractivity contribution in [2.75, 3.05) is 5.32 Å². The number of carbonyl (C=O) groups is 1. The number of para-hydroxylation sites is 1. The zero-order chi connectivity index (χ0) is 12.1. The maximum Gasteiger partial charge on any atom is 0.319 e. The molecule has 1 fully saturated rings. The molecule has 0 aliphatic heterocycles. The largest absolute Gasteiger partial charge is 0.335 e. The maximum atomic E-state index is 11.8. The molecule has 1 saturated carbocycles. The van der Waals surface area contributed by atoms with Gasteiger partial charge < -0.3 is 16.4 Å². The number of hydrogen-bond acceptors (Lipinski definition) is 2. The normalized spacial score (nSPS) is 15.8. The van der Waals surface area contributed by atoms with Crippen LogP contribution in [0.25, 0.3) is 0 Å². The second-order valence-corrected chi connectivity index (χ2v) is 4.44. The van der Waals surface area contributed by atoms with E-state index in [9.17, 15) is 4.79 Å². The van der Waals surface area contributed by atoms with Gasteiger partial charge in [-0.2, -0.15) is 0 Å². The van der Waals surface area contributed by atoms with Crippen LogP contribution >= 0.6 is 0 Å². The molecule has 4 heteroatoms. The monoisotopic (exact) mass is 233 g/mol. The summed E-state index contributed by atoms with van der Waals surface area (Å²) in [6.07, 6.45) is 4.60. The minimum absolute atomic E-state index is 0.127. The molecule has 0 saturated heterocycles. The Bertz CT molecular complexity index is 386. The zero-order valence-corrected chi connectivity index (χ0v) is 9.91. The molecular weight excluding hydrogens is 214 g/mol. The minimum Gasteiger partial charge on any atom is -0.335 e. The Morgan fingerprint density at radius 3 is 2.71 bits per heavy atom. The van der Waals surface area contributed by atoms with E-state index in [1.54, 1.807) is 0 Å². The van der Waals surface area contributed by atoms with Gasteiger partial charge in [-0.15, -0.1) is 0 Å². The lowest BCUT2D eigenvalue weighted by Gasteiger charge is -2.14. The van der Waals surface area contributed by atoms with Crippen LogP contribution in [0.5, 0.6) is 0 Å². The topological polar surface area (TPSA) is 67.1 Å². The maximum absolute atomic E-state index is 11.8. The van der Waals surface area contributed by atoms with Crippen LogP contribution in [0.3, 0.4) is 0 Å². The first-order valence-corrected chi connectivity index (χ1v) is 6.15. The number of rotatable bonds is 3. The highest BCUT2D eigenvalue weighted by atomic mass is 16.2. The summed E-state index contributed by atoms with van der Waals surface area (Å²) in [5, 5.41) is 5.85. The molecule has 0 bridgehead atoms. The van der Waals surface area contributed by atoms with Gasteiger partial charge in [0.15, 0.2) is 0 Å². The van der Waals surface area contributed by atoms with Crippen LogP contribution in [-0.2, 0) is 6.54 Å². The molecule has 0 heterocycles. The van der Waals surface area contributed by atoms with Gasteiger partial charge in [-0.25, -0.2) is 4.79 Å². The predicted octanol–water partition coefficient (Wildman–Crippen LogP) is 2.21. The summed E-state index contributed by atoms with van der Waals surface area (Å²) in [4.78, 5) is 11.8. The SMILES string of the molecule is NCc1ccccc1NC(=O)NC1CCCC1. The van der Waals surface area contributed by atoms with Gasteiger partial charge in [0.25, 0.3) is 0 Å². The quantitative estimate of drug-likeness (QED) is 0.749. The fraction of sp³-hybridized carbons (Fsp3) is 0.462. The number of nitrogens with two attached hydrogens (primary N) is 1. The number of anilines is 1. The number of benzene rings is 1. The summed E-state index contributed by atoms with van der Waals surface area (Å²) in [7, 11) is 0. The molecule has 1 aromatic carbocycles.